The number of nitrogens with zero attached hydrogens (tertiary/aromatic N) is 2. The highest BCUT2D eigenvalue weighted by Gasteiger charge is 2.29. The van der Waals surface area contributed by atoms with Gasteiger partial charge in [0.05, 0.1) is 23.7 Å². The maximum Gasteiger partial charge on any atom is 0.335 e. The first-order valence-electron chi connectivity index (χ1n) is 10.1. The molecule has 0 spiro atoms. The van der Waals surface area contributed by atoms with E-state index >= 15 is 0 Å². The number of rotatable bonds is 9. The second-order valence-corrected chi connectivity index (χ2v) is 9.16. The standard InChI is InChI=1S/C24H23N3O6S/c1-17(23(28)26-25-16-18-8-10-19(11-9-18)24(29)30)27(34(2,31)32)20-12-14-22(15-13-20)33-21-6-4-3-5-7-21/h3-17H,1-2H3,(H,26,28)(H,29,30)/b25-16-/t17-/m0/s1. The van der Waals surface area contributed by atoms with Gasteiger partial charge in [-0.15, -0.1) is 0 Å². The fourth-order valence-electron chi connectivity index (χ4n) is 3.07. The van der Waals surface area contributed by atoms with Crippen molar-refractivity contribution in [3.8, 4) is 11.5 Å². The molecule has 34 heavy (non-hydrogen) atoms. The lowest BCUT2D eigenvalue weighted by Crippen LogP contribution is -2.46. The Hall–Kier alpha value is -4.18. The smallest absolute Gasteiger partial charge is 0.335 e. The molecule has 1 atom stereocenters. The number of para-hydroxylation sites is 1. The first-order valence-corrected chi connectivity index (χ1v) is 12.0. The van der Waals surface area contributed by atoms with Gasteiger partial charge in [0.1, 0.15) is 17.5 Å². The Balaban J connectivity index is 1.70. The first-order chi connectivity index (χ1) is 16.1. The molecule has 0 bridgehead atoms. The number of anilines is 1. The van der Waals surface area contributed by atoms with Gasteiger partial charge in [0.25, 0.3) is 5.91 Å². The molecule has 3 rings (SSSR count). The molecule has 3 aromatic carbocycles. The molecule has 0 saturated heterocycles. The van der Waals surface area contributed by atoms with Crippen molar-refractivity contribution in [3.63, 3.8) is 0 Å². The molecule has 176 valence electrons. The molecule has 1 amide bonds. The monoisotopic (exact) mass is 481 g/mol. The largest absolute Gasteiger partial charge is 0.478 e. The zero-order chi connectivity index (χ0) is 24.7. The summed E-state index contributed by atoms with van der Waals surface area (Å²) < 4.78 is 31.6. The van der Waals surface area contributed by atoms with Gasteiger partial charge in [0, 0.05) is 0 Å². The molecule has 0 heterocycles. The number of amides is 1. The Kier molecular flexibility index (Phi) is 7.64. The minimum absolute atomic E-state index is 0.124. The molecule has 10 heteroatoms. The molecule has 9 nitrogen and oxygen atoms in total. The molecule has 0 aliphatic rings. The number of carboxylic acid groups (broad SMARTS) is 1. The summed E-state index contributed by atoms with van der Waals surface area (Å²) in [7, 11) is -3.80. The van der Waals surface area contributed by atoms with Crippen LogP contribution in [-0.4, -0.2) is 43.9 Å². The highest BCUT2D eigenvalue weighted by Crippen LogP contribution is 2.26. The Bertz CT molecular complexity index is 1270. The number of aromatic carboxylic acids is 1. The number of benzene rings is 3. The van der Waals surface area contributed by atoms with Crippen LogP contribution in [0.1, 0.15) is 22.8 Å². The van der Waals surface area contributed by atoms with Gasteiger partial charge in [0.2, 0.25) is 10.0 Å². The second-order valence-electron chi connectivity index (χ2n) is 7.31. The van der Waals surface area contributed by atoms with Crippen molar-refractivity contribution in [2.45, 2.75) is 13.0 Å². The number of hydrogen-bond acceptors (Lipinski definition) is 6. The summed E-state index contributed by atoms with van der Waals surface area (Å²) in [4.78, 5) is 23.5. The molecule has 0 fully saturated rings. The summed E-state index contributed by atoms with van der Waals surface area (Å²) >= 11 is 0. The fourth-order valence-corrected chi connectivity index (χ4v) is 4.24. The molecule has 0 aromatic heterocycles. The normalized spacial score (nSPS) is 12.2. The third-order valence-corrected chi connectivity index (χ3v) is 5.95. The average Bonchev–Trinajstić information content (AvgIpc) is 2.80. The van der Waals surface area contributed by atoms with Crippen LogP contribution >= 0.6 is 0 Å². The SMILES string of the molecule is C[C@@H](C(=O)N/N=C\c1ccc(C(=O)O)cc1)N(c1ccc(Oc2ccccc2)cc1)S(C)(=O)=O. The van der Waals surface area contributed by atoms with Gasteiger partial charge in [-0.05, 0) is 61.0 Å². The molecular weight excluding hydrogens is 458 g/mol. The van der Waals surface area contributed by atoms with Crippen LogP contribution in [0.3, 0.4) is 0 Å². The number of carboxylic acids is 1. The van der Waals surface area contributed by atoms with Crippen LogP contribution in [0, 0.1) is 0 Å². The fraction of sp³-hybridized carbons (Fsp3) is 0.125. The highest BCUT2D eigenvalue weighted by atomic mass is 32.2. The van der Waals surface area contributed by atoms with E-state index in [9.17, 15) is 18.0 Å². The molecule has 3 aromatic rings. The van der Waals surface area contributed by atoms with Crippen LogP contribution in [0.15, 0.2) is 84.0 Å². The van der Waals surface area contributed by atoms with E-state index in [1.54, 1.807) is 36.4 Å². The van der Waals surface area contributed by atoms with Gasteiger partial charge in [-0.1, -0.05) is 30.3 Å². The maximum atomic E-state index is 12.6. The number of carbonyl (C=O) groups is 2. The number of nitrogens with one attached hydrogen (secondary N) is 1. The van der Waals surface area contributed by atoms with Gasteiger partial charge in [-0.2, -0.15) is 5.10 Å². The van der Waals surface area contributed by atoms with Crippen molar-refractivity contribution in [1.82, 2.24) is 5.43 Å². The Morgan fingerprint density at radius 3 is 2.12 bits per heavy atom. The third kappa shape index (κ3) is 6.42. The van der Waals surface area contributed by atoms with E-state index in [0.29, 0.717) is 22.7 Å². The number of hydrazone groups is 1. The van der Waals surface area contributed by atoms with E-state index in [0.717, 1.165) is 10.6 Å². The average molecular weight is 482 g/mol. The molecule has 0 aliphatic heterocycles. The van der Waals surface area contributed by atoms with E-state index in [1.807, 2.05) is 18.2 Å². The van der Waals surface area contributed by atoms with Gasteiger partial charge in [-0.25, -0.2) is 18.6 Å². The van der Waals surface area contributed by atoms with E-state index in [4.69, 9.17) is 9.84 Å². The molecule has 2 N–H and O–H groups in total. The Labute approximate surface area is 197 Å². The Morgan fingerprint density at radius 2 is 1.56 bits per heavy atom. The predicted molar refractivity (Wildman–Crippen MR) is 129 cm³/mol. The number of carbonyl (C=O) groups excluding carboxylic acids is 1. The van der Waals surface area contributed by atoms with Gasteiger partial charge >= 0.3 is 5.97 Å². The molecule has 0 saturated carbocycles. The summed E-state index contributed by atoms with van der Waals surface area (Å²) in [5.74, 6) is -0.544. The van der Waals surface area contributed by atoms with Crippen LogP contribution in [-0.2, 0) is 14.8 Å². The van der Waals surface area contributed by atoms with E-state index in [2.05, 4.69) is 10.5 Å². The van der Waals surface area contributed by atoms with Crippen LogP contribution in [0.25, 0.3) is 0 Å². The molecule has 0 radical (unpaired) electrons. The number of sulfonamides is 1. The van der Waals surface area contributed by atoms with E-state index in [1.165, 1.54) is 37.4 Å². The van der Waals surface area contributed by atoms with Crippen molar-refractivity contribution in [1.29, 1.82) is 0 Å². The summed E-state index contributed by atoms with van der Waals surface area (Å²) in [6.45, 7) is 1.45. The van der Waals surface area contributed by atoms with Crippen molar-refractivity contribution in [2.24, 2.45) is 5.10 Å². The third-order valence-electron chi connectivity index (χ3n) is 4.70. The summed E-state index contributed by atoms with van der Waals surface area (Å²) in [6.07, 6.45) is 2.34. The minimum Gasteiger partial charge on any atom is -0.478 e. The summed E-state index contributed by atoms with van der Waals surface area (Å²) in [5, 5.41) is 12.8. The van der Waals surface area contributed by atoms with Crippen molar-refractivity contribution in [2.75, 3.05) is 10.6 Å². The van der Waals surface area contributed by atoms with Crippen LogP contribution in [0.4, 0.5) is 5.69 Å². The zero-order valence-corrected chi connectivity index (χ0v) is 19.3. The van der Waals surface area contributed by atoms with Crippen molar-refractivity contribution >= 4 is 33.8 Å². The lowest BCUT2D eigenvalue weighted by molar-refractivity contribution is -0.121. The lowest BCUT2D eigenvalue weighted by atomic mass is 10.1. The topological polar surface area (TPSA) is 125 Å². The van der Waals surface area contributed by atoms with Crippen LogP contribution in [0.5, 0.6) is 11.5 Å². The minimum atomic E-state index is -3.80. The zero-order valence-electron chi connectivity index (χ0n) is 18.5. The van der Waals surface area contributed by atoms with Crippen LogP contribution in [0.2, 0.25) is 0 Å². The van der Waals surface area contributed by atoms with Gasteiger partial charge in [-0.3, -0.25) is 9.10 Å². The van der Waals surface area contributed by atoms with E-state index in [-0.39, 0.29) is 5.56 Å². The quantitative estimate of drug-likeness (QED) is 0.356. The van der Waals surface area contributed by atoms with Gasteiger partial charge < -0.3 is 9.84 Å². The Morgan fingerprint density at radius 1 is 0.971 bits per heavy atom. The van der Waals surface area contributed by atoms with Gasteiger partial charge in [0.15, 0.2) is 0 Å². The summed E-state index contributed by atoms with van der Waals surface area (Å²) in [6, 6.07) is 20.2. The first kappa shape index (κ1) is 24.5. The molecule has 0 aliphatic carbocycles. The van der Waals surface area contributed by atoms with E-state index < -0.39 is 27.9 Å². The second kappa shape index (κ2) is 10.6. The van der Waals surface area contributed by atoms with Crippen LogP contribution < -0.4 is 14.5 Å². The molecule has 0 unspecified atom stereocenters. The predicted octanol–water partition coefficient (Wildman–Crippen LogP) is 3.48. The molecular formula is C24H23N3O6S. The number of hydrogen-bond donors (Lipinski definition) is 2. The van der Waals surface area contributed by atoms with Crippen molar-refractivity contribution < 1.29 is 27.9 Å². The lowest BCUT2D eigenvalue weighted by Gasteiger charge is -2.27. The highest BCUT2D eigenvalue weighted by molar-refractivity contribution is 7.92. The van der Waals surface area contributed by atoms with Crippen molar-refractivity contribution in [3.05, 3.63) is 90.0 Å². The maximum absolute atomic E-state index is 12.6. The number of ether oxygens (including phenoxy) is 1. The summed E-state index contributed by atoms with van der Waals surface area (Å²) in [5.41, 5.74) is 3.29.